The zero-order chi connectivity index (χ0) is 19.2. The number of alkyl halides is 3. The van der Waals surface area contributed by atoms with Crippen LogP contribution >= 0.6 is 15.9 Å². The van der Waals surface area contributed by atoms with Gasteiger partial charge in [0.1, 0.15) is 5.82 Å². The Bertz CT molecular complexity index is 722. The molecule has 2 N–H and O–H groups in total. The van der Waals surface area contributed by atoms with Crippen LogP contribution < -0.4 is 10.6 Å². The number of rotatable bonds is 8. The standard InChI is InChI=1S/C17H21BrF3N5/c1-26(2)9-5-8-22-16-24-14(17(19,20)21)10-15(25-16)23-11-12-6-3-4-7-13(12)18/h3-4,6-7,10H,5,8-9,11H2,1-2H3,(H2,22,23,24,25). The summed E-state index contributed by atoms with van der Waals surface area (Å²) in [4.78, 5) is 9.73. The lowest BCUT2D eigenvalue weighted by Crippen LogP contribution is -2.18. The van der Waals surface area contributed by atoms with Gasteiger partial charge in [-0.2, -0.15) is 18.2 Å². The molecule has 142 valence electrons. The van der Waals surface area contributed by atoms with Crippen LogP contribution in [0.25, 0.3) is 0 Å². The molecule has 0 radical (unpaired) electrons. The van der Waals surface area contributed by atoms with E-state index in [0.717, 1.165) is 29.1 Å². The third-order valence-electron chi connectivity index (χ3n) is 3.50. The first-order valence-electron chi connectivity index (χ1n) is 8.08. The number of hydrogen-bond donors (Lipinski definition) is 2. The second-order valence-corrected chi connectivity index (χ2v) is 6.84. The molecule has 0 saturated carbocycles. The summed E-state index contributed by atoms with van der Waals surface area (Å²) >= 11 is 3.42. The molecule has 0 saturated heterocycles. The number of hydrogen-bond acceptors (Lipinski definition) is 5. The molecule has 9 heteroatoms. The van der Waals surface area contributed by atoms with E-state index in [9.17, 15) is 13.2 Å². The number of benzene rings is 1. The lowest BCUT2D eigenvalue weighted by molar-refractivity contribution is -0.141. The third kappa shape index (κ3) is 6.45. The highest BCUT2D eigenvalue weighted by atomic mass is 79.9. The van der Waals surface area contributed by atoms with Gasteiger partial charge in [-0.3, -0.25) is 0 Å². The number of nitrogens with one attached hydrogen (secondary N) is 2. The average molecular weight is 432 g/mol. The van der Waals surface area contributed by atoms with E-state index >= 15 is 0 Å². The van der Waals surface area contributed by atoms with Gasteiger partial charge in [0.25, 0.3) is 0 Å². The fourth-order valence-electron chi connectivity index (χ4n) is 2.19. The minimum Gasteiger partial charge on any atom is -0.366 e. The summed E-state index contributed by atoms with van der Waals surface area (Å²) in [6.45, 7) is 1.65. The summed E-state index contributed by atoms with van der Waals surface area (Å²) in [6, 6.07) is 8.40. The van der Waals surface area contributed by atoms with Crippen LogP contribution in [0.1, 0.15) is 17.7 Å². The van der Waals surface area contributed by atoms with Gasteiger partial charge >= 0.3 is 6.18 Å². The summed E-state index contributed by atoms with van der Waals surface area (Å²) in [5.74, 6) is 0.0893. The highest BCUT2D eigenvalue weighted by Gasteiger charge is 2.33. The molecule has 2 rings (SSSR count). The monoisotopic (exact) mass is 431 g/mol. The quantitative estimate of drug-likeness (QED) is 0.612. The molecule has 0 spiro atoms. The maximum Gasteiger partial charge on any atom is 0.433 e. The van der Waals surface area contributed by atoms with Crippen molar-refractivity contribution in [3.63, 3.8) is 0 Å². The molecule has 0 bridgehead atoms. The summed E-state index contributed by atoms with van der Waals surface area (Å²) < 4.78 is 40.2. The van der Waals surface area contributed by atoms with Crippen molar-refractivity contribution in [2.75, 3.05) is 37.8 Å². The van der Waals surface area contributed by atoms with Gasteiger partial charge in [-0.25, -0.2) is 4.98 Å². The Hall–Kier alpha value is -1.87. The zero-order valence-corrected chi connectivity index (χ0v) is 16.2. The van der Waals surface area contributed by atoms with Crippen molar-refractivity contribution in [2.45, 2.75) is 19.1 Å². The van der Waals surface area contributed by atoms with E-state index in [2.05, 4.69) is 36.5 Å². The Morgan fingerprint density at radius 1 is 1.12 bits per heavy atom. The summed E-state index contributed by atoms with van der Waals surface area (Å²) in [5, 5.41) is 5.80. The van der Waals surface area contributed by atoms with Crippen LogP contribution in [0.2, 0.25) is 0 Å². The van der Waals surface area contributed by atoms with Crippen LogP contribution in [-0.4, -0.2) is 42.1 Å². The summed E-state index contributed by atoms with van der Waals surface area (Å²) in [5.41, 5.74) is -0.0580. The van der Waals surface area contributed by atoms with Crippen LogP contribution in [0.15, 0.2) is 34.8 Å². The third-order valence-corrected chi connectivity index (χ3v) is 4.27. The van der Waals surface area contributed by atoms with Crippen molar-refractivity contribution in [3.05, 3.63) is 46.1 Å². The molecule has 0 aliphatic heterocycles. The molecule has 1 aromatic heterocycles. The van der Waals surface area contributed by atoms with Crippen molar-refractivity contribution in [2.24, 2.45) is 0 Å². The second kappa shape index (κ2) is 9.18. The highest BCUT2D eigenvalue weighted by Crippen LogP contribution is 2.30. The van der Waals surface area contributed by atoms with E-state index in [0.29, 0.717) is 13.1 Å². The minimum absolute atomic E-state index is 0.0341. The van der Waals surface area contributed by atoms with Crippen molar-refractivity contribution >= 4 is 27.7 Å². The van der Waals surface area contributed by atoms with Crippen LogP contribution in [0.4, 0.5) is 24.9 Å². The first-order valence-corrected chi connectivity index (χ1v) is 8.87. The van der Waals surface area contributed by atoms with Crippen LogP contribution in [0, 0.1) is 0 Å². The lowest BCUT2D eigenvalue weighted by Gasteiger charge is -2.14. The molecule has 2 aromatic rings. The molecule has 0 unspecified atom stereocenters. The number of aromatic nitrogens is 2. The number of anilines is 2. The van der Waals surface area contributed by atoms with Crippen molar-refractivity contribution < 1.29 is 13.2 Å². The second-order valence-electron chi connectivity index (χ2n) is 5.99. The van der Waals surface area contributed by atoms with Crippen LogP contribution in [-0.2, 0) is 12.7 Å². The van der Waals surface area contributed by atoms with Gasteiger partial charge in [-0.15, -0.1) is 0 Å². The highest BCUT2D eigenvalue weighted by molar-refractivity contribution is 9.10. The molecule has 5 nitrogen and oxygen atoms in total. The van der Waals surface area contributed by atoms with Gasteiger partial charge < -0.3 is 15.5 Å². The lowest BCUT2D eigenvalue weighted by atomic mass is 10.2. The molecule has 0 fully saturated rings. The smallest absolute Gasteiger partial charge is 0.366 e. The first-order chi connectivity index (χ1) is 12.3. The SMILES string of the molecule is CN(C)CCCNc1nc(NCc2ccccc2Br)cc(C(F)(F)F)n1. The maximum atomic E-state index is 13.1. The Morgan fingerprint density at radius 3 is 2.50 bits per heavy atom. The van der Waals surface area contributed by atoms with Crippen molar-refractivity contribution in [1.82, 2.24) is 14.9 Å². The van der Waals surface area contributed by atoms with Crippen molar-refractivity contribution in [3.8, 4) is 0 Å². The Morgan fingerprint density at radius 2 is 1.85 bits per heavy atom. The molecule has 0 aliphatic rings. The molecule has 1 heterocycles. The maximum absolute atomic E-state index is 13.1. The van der Waals surface area contributed by atoms with Crippen LogP contribution in [0.3, 0.4) is 0 Å². The van der Waals surface area contributed by atoms with Gasteiger partial charge in [0.2, 0.25) is 5.95 Å². The predicted octanol–water partition coefficient (Wildman–Crippen LogP) is 4.23. The molecule has 1 aromatic carbocycles. The summed E-state index contributed by atoms with van der Waals surface area (Å²) in [6.07, 6.45) is -3.76. The van der Waals surface area contributed by atoms with Gasteiger partial charge in [0.05, 0.1) is 0 Å². The van der Waals surface area contributed by atoms with E-state index in [1.54, 1.807) is 0 Å². The van der Waals surface area contributed by atoms with Crippen LogP contribution in [0.5, 0.6) is 0 Å². The summed E-state index contributed by atoms with van der Waals surface area (Å²) in [7, 11) is 3.87. The predicted molar refractivity (Wildman–Crippen MR) is 100 cm³/mol. The minimum atomic E-state index is -4.53. The van der Waals surface area contributed by atoms with Gasteiger partial charge in [0.15, 0.2) is 5.69 Å². The Kier molecular flexibility index (Phi) is 7.22. The number of nitrogens with zero attached hydrogens (tertiary/aromatic N) is 3. The molecule has 0 aliphatic carbocycles. The van der Waals surface area contributed by atoms with E-state index in [-0.39, 0.29) is 11.8 Å². The number of halogens is 4. The fraction of sp³-hybridized carbons (Fsp3) is 0.412. The van der Waals surface area contributed by atoms with E-state index in [4.69, 9.17) is 0 Å². The topological polar surface area (TPSA) is 53.1 Å². The van der Waals surface area contributed by atoms with Gasteiger partial charge in [0, 0.05) is 23.6 Å². The Balaban J connectivity index is 2.11. The van der Waals surface area contributed by atoms with E-state index in [1.807, 2.05) is 43.3 Å². The van der Waals surface area contributed by atoms with Crippen molar-refractivity contribution in [1.29, 1.82) is 0 Å². The molecule has 0 atom stereocenters. The Labute approximate surface area is 159 Å². The molecule has 0 amide bonds. The average Bonchev–Trinajstić information content (AvgIpc) is 2.57. The van der Waals surface area contributed by atoms with Gasteiger partial charge in [-0.05, 0) is 38.7 Å². The first kappa shape index (κ1) is 20.4. The van der Waals surface area contributed by atoms with Gasteiger partial charge in [-0.1, -0.05) is 34.1 Å². The van der Waals surface area contributed by atoms with E-state index < -0.39 is 11.9 Å². The van der Waals surface area contributed by atoms with E-state index in [1.165, 1.54) is 0 Å². The fourth-order valence-corrected chi connectivity index (χ4v) is 2.61. The largest absolute Gasteiger partial charge is 0.433 e. The zero-order valence-electron chi connectivity index (χ0n) is 14.6. The molecular formula is C17H21BrF3N5. The molecular weight excluding hydrogens is 411 g/mol. The normalized spacial score (nSPS) is 11.7. The molecule has 26 heavy (non-hydrogen) atoms.